The first-order valence-electron chi connectivity index (χ1n) is 6.55. The fourth-order valence-corrected chi connectivity index (χ4v) is 1.96. The van der Waals surface area contributed by atoms with Gasteiger partial charge >= 0.3 is 5.97 Å². The van der Waals surface area contributed by atoms with Crippen LogP contribution in [0.15, 0.2) is 12.4 Å². The highest BCUT2D eigenvalue weighted by Gasteiger charge is 2.10. The number of anilines is 1. The molecular weight excluding hydrogens is 249 g/mol. The zero-order valence-corrected chi connectivity index (χ0v) is 11.1. The molecule has 1 heterocycles. The molecule has 19 heavy (non-hydrogen) atoms. The lowest BCUT2D eigenvalue weighted by Gasteiger charge is -2.15. The maximum Gasteiger partial charge on any atom is 0.303 e. The minimum atomic E-state index is -0.754. The summed E-state index contributed by atoms with van der Waals surface area (Å²) in [5.41, 5.74) is 0. The van der Waals surface area contributed by atoms with E-state index in [0.29, 0.717) is 24.8 Å². The Bertz CT molecular complexity index is 384. The van der Waals surface area contributed by atoms with E-state index < -0.39 is 11.8 Å². The van der Waals surface area contributed by atoms with Gasteiger partial charge in [0.25, 0.3) is 0 Å². The van der Waals surface area contributed by atoms with E-state index in [2.05, 4.69) is 22.2 Å². The van der Waals surface area contributed by atoms with Crippen molar-refractivity contribution < 1.29 is 14.3 Å². The van der Waals surface area contributed by atoms with Gasteiger partial charge in [-0.1, -0.05) is 19.8 Å². The Labute approximate surface area is 112 Å². The van der Waals surface area contributed by atoms with Crippen molar-refractivity contribution in [2.75, 3.05) is 11.9 Å². The Morgan fingerprint density at radius 3 is 2.63 bits per heavy atom. The summed E-state index contributed by atoms with van der Waals surface area (Å²) < 4.78 is 12.6. The molecule has 1 atom stereocenters. The molecule has 5 nitrogen and oxygen atoms in total. The maximum absolute atomic E-state index is 12.6. The van der Waals surface area contributed by atoms with Gasteiger partial charge in [0.1, 0.15) is 0 Å². The number of halogens is 1. The van der Waals surface area contributed by atoms with Gasteiger partial charge in [-0.15, -0.1) is 0 Å². The molecule has 0 bridgehead atoms. The molecule has 106 valence electrons. The number of aliphatic carboxylic acids is 1. The number of nitrogens with zero attached hydrogens (tertiary/aromatic N) is 2. The number of hydrogen-bond acceptors (Lipinski definition) is 4. The lowest BCUT2D eigenvalue weighted by molar-refractivity contribution is -0.137. The summed E-state index contributed by atoms with van der Waals surface area (Å²) in [4.78, 5) is 18.2. The Hall–Kier alpha value is -1.72. The Balaban J connectivity index is 2.30. The zero-order valence-electron chi connectivity index (χ0n) is 11.1. The van der Waals surface area contributed by atoms with E-state index in [1.807, 2.05) is 0 Å². The molecule has 1 aromatic heterocycles. The average molecular weight is 269 g/mol. The minimum Gasteiger partial charge on any atom is -0.481 e. The summed E-state index contributed by atoms with van der Waals surface area (Å²) in [7, 11) is 0. The van der Waals surface area contributed by atoms with Gasteiger partial charge in [0, 0.05) is 13.0 Å². The van der Waals surface area contributed by atoms with Gasteiger partial charge in [-0.25, -0.2) is 14.4 Å². The standard InChI is InChI=1S/C13H20FN3O2/c1-2-3-10(4-5-12(18)19)6-7-15-13-16-8-11(14)9-17-13/h8-10H,2-7H2,1H3,(H,18,19)(H,15,16,17). The van der Waals surface area contributed by atoms with Crippen LogP contribution < -0.4 is 5.32 Å². The number of nitrogens with one attached hydrogen (secondary N) is 1. The Kier molecular flexibility index (Phi) is 6.78. The molecule has 0 aliphatic carbocycles. The van der Waals surface area contributed by atoms with Crippen molar-refractivity contribution in [2.45, 2.75) is 39.0 Å². The van der Waals surface area contributed by atoms with Crippen LogP contribution in [-0.4, -0.2) is 27.6 Å². The summed E-state index contributed by atoms with van der Waals surface area (Å²) in [5, 5.41) is 11.7. The van der Waals surface area contributed by atoms with E-state index in [1.165, 1.54) is 0 Å². The molecule has 0 fully saturated rings. The predicted molar refractivity (Wildman–Crippen MR) is 70.4 cm³/mol. The van der Waals surface area contributed by atoms with Crippen LogP contribution in [-0.2, 0) is 4.79 Å². The summed E-state index contributed by atoms with van der Waals surface area (Å²) in [6, 6.07) is 0. The normalized spacial score (nSPS) is 12.1. The smallest absolute Gasteiger partial charge is 0.303 e. The molecule has 6 heteroatoms. The predicted octanol–water partition coefficient (Wildman–Crippen LogP) is 2.70. The summed E-state index contributed by atoms with van der Waals surface area (Å²) in [6.45, 7) is 2.75. The van der Waals surface area contributed by atoms with Crippen molar-refractivity contribution in [3.8, 4) is 0 Å². The van der Waals surface area contributed by atoms with Crippen LogP contribution in [0.5, 0.6) is 0 Å². The quantitative estimate of drug-likeness (QED) is 0.721. The molecule has 0 amide bonds. The molecule has 0 aliphatic rings. The highest BCUT2D eigenvalue weighted by atomic mass is 19.1. The van der Waals surface area contributed by atoms with E-state index in [4.69, 9.17) is 5.11 Å². The van der Waals surface area contributed by atoms with Gasteiger partial charge in [0.05, 0.1) is 12.4 Å². The summed E-state index contributed by atoms with van der Waals surface area (Å²) in [6.07, 6.45) is 6.04. The monoisotopic (exact) mass is 269 g/mol. The van der Waals surface area contributed by atoms with Crippen LogP contribution in [0.2, 0.25) is 0 Å². The Morgan fingerprint density at radius 2 is 2.05 bits per heavy atom. The van der Waals surface area contributed by atoms with Gasteiger partial charge in [0.2, 0.25) is 5.95 Å². The average Bonchev–Trinajstić information content (AvgIpc) is 2.38. The molecule has 0 spiro atoms. The van der Waals surface area contributed by atoms with Crippen molar-refractivity contribution in [1.29, 1.82) is 0 Å². The number of carboxylic acids is 1. The number of carbonyl (C=O) groups is 1. The lowest BCUT2D eigenvalue weighted by Crippen LogP contribution is -2.12. The van der Waals surface area contributed by atoms with E-state index in [1.54, 1.807) is 0 Å². The van der Waals surface area contributed by atoms with Gasteiger partial charge < -0.3 is 10.4 Å². The fourth-order valence-electron chi connectivity index (χ4n) is 1.96. The zero-order chi connectivity index (χ0) is 14.1. The SMILES string of the molecule is CCCC(CCNc1ncc(F)cn1)CCC(=O)O. The van der Waals surface area contributed by atoms with E-state index in [9.17, 15) is 9.18 Å². The fraction of sp³-hybridized carbons (Fsp3) is 0.615. The van der Waals surface area contributed by atoms with Gasteiger partial charge in [-0.3, -0.25) is 4.79 Å². The number of carboxylic acid groups (broad SMARTS) is 1. The minimum absolute atomic E-state index is 0.206. The van der Waals surface area contributed by atoms with Crippen molar-refractivity contribution >= 4 is 11.9 Å². The third-order valence-electron chi connectivity index (χ3n) is 2.92. The second kappa shape index (κ2) is 8.39. The highest BCUT2D eigenvalue weighted by molar-refractivity contribution is 5.66. The summed E-state index contributed by atoms with van der Waals surface area (Å²) >= 11 is 0. The van der Waals surface area contributed by atoms with Crippen molar-refractivity contribution in [2.24, 2.45) is 5.92 Å². The van der Waals surface area contributed by atoms with Crippen LogP contribution in [0.3, 0.4) is 0 Å². The van der Waals surface area contributed by atoms with E-state index in [0.717, 1.165) is 31.7 Å². The molecular formula is C13H20FN3O2. The number of aromatic nitrogens is 2. The number of hydrogen-bond donors (Lipinski definition) is 2. The van der Waals surface area contributed by atoms with Crippen LogP contribution in [0, 0.1) is 11.7 Å². The molecule has 0 radical (unpaired) electrons. The molecule has 0 aromatic carbocycles. The first-order chi connectivity index (χ1) is 9.11. The second-order valence-electron chi connectivity index (χ2n) is 4.53. The molecule has 0 saturated carbocycles. The maximum atomic E-state index is 12.6. The van der Waals surface area contributed by atoms with Crippen LogP contribution >= 0.6 is 0 Å². The highest BCUT2D eigenvalue weighted by Crippen LogP contribution is 2.17. The number of rotatable bonds is 9. The second-order valence-corrected chi connectivity index (χ2v) is 4.53. The van der Waals surface area contributed by atoms with Gasteiger partial charge in [-0.2, -0.15) is 0 Å². The molecule has 2 N–H and O–H groups in total. The Morgan fingerprint density at radius 1 is 1.37 bits per heavy atom. The van der Waals surface area contributed by atoms with Gasteiger partial charge in [-0.05, 0) is 18.8 Å². The molecule has 1 aromatic rings. The molecule has 1 rings (SSSR count). The molecule has 1 unspecified atom stereocenters. The molecule has 0 saturated heterocycles. The largest absolute Gasteiger partial charge is 0.481 e. The van der Waals surface area contributed by atoms with Crippen LogP contribution in [0.25, 0.3) is 0 Å². The topological polar surface area (TPSA) is 75.1 Å². The van der Waals surface area contributed by atoms with E-state index in [-0.39, 0.29) is 6.42 Å². The van der Waals surface area contributed by atoms with Gasteiger partial charge in [0.15, 0.2) is 5.82 Å². The van der Waals surface area contributed by atoms with Crippen molar-refractivity contribution in [3.05, 3.63) is 18.2 Å². The van der Waals surface area contributed by atoms with Crippen LogP contribution in [0.4, 0.5) is 10.3 Å². The van der Waals surface area contributed by atoms with Crippen molar-refractivity contribution in [1.82, 2.24) is 9.97 Å². The van der Waals surface area contributed by atoms with E-state index >= 15 is 0 Å². The summed E-state index contributed by atoms with van der Waals surface area (Å²) in [5.74, 6) is -0.435. The first-order valence-corrected chi connectivity index (χ1v) is 6.55. The first kappa shape index (κ1) is 15.3. The third kappa shape index (κ3) is 6.69. The molecule has 0 aliphatic heterocycles. The van der Waals surface area contributed by atoms with Crippen LogP contribution in [0.1, 0.15) is 39.0 Å². The van der Waals surface area contributed by atoms with Crippen molar-refractivity contribution in [3.63, 3.8) is 0 Å². The third-order valence-corrected chi connectivity index (χ3v) is 2.92. The lowest BCUT2D eigenvalue weighted by atomic mass is 9.94.